The molecule has 0 atom stereocenters. The van der Waals surface area contributed by atoms with Crippen molar-refractivity contribution in [2.45, 2.75) is 13.8 Å². The van der Waals surface area contributed by atoms with Gasteiger partial charge in [-0.15, -0.1) is 0 Å². The number of fused-ring (bicyclic) bond motifs is 1. The number of anilines is 1. The summed E-state index contributed by atoms with van der Waals surface area (Å²) >= 11 is 6.26. The molecule has 3 rings (SSSR count). The fourth-order valence-corrected chi connectivity index (χ4v) is 3.02. The maximum atomic E-state index is 12.2. The number of rotatable bonds is 6. The average Bonchev–Trinajstić information content (AvgIpc) is 2.70. The number of carbonyl (C=O) groups excluding carboxylic acids is 2. The van der Waals surface area contributed by atoms with Crippen LogP contribution in [0.15, 0.2) is 42.6 Å². The number of urea groups is 1. The number of benzene rings is 2. The number of nitrogens with zero attached hydrogens (tertiary/aromatic N) is 1. The van der Waals surface area contributed by atoms with Gasteiger partial charge >= 0.3 is 6.03 Å². The molecule has 0 aliphatic carbocycles. The van der Waals surface area contributed by atoms with Crippen molar-refractivity contribution >= 4 is 40.1 Å². The van der Waals surface area contributed by atoms with E-state index in [-0.39, 0.29) is 17.3 Å². The van der Waals surface area contributed by atoms with E-state index < -0.39 is 5.91 Å². The lowest BCUT2D eigenvalue weighted by molar-refractivity contribution is 0.0953. The van der Waals surface area contributed by atoms with Crippen LogP contribution in [-0.4, -0.2) is 35.1 Å². The molecular formula is C21H21ClN4O4. The summed E-state index contributed by atoms with van der Waals surface area (Å²) in [7, 11) is 0. The number of phenols is 1. The number of nitrogens with one attached hydrogen (secondary N) is 3. The maximum Gasteiger partial charge on any atom is 0.319 e. The van der Waals surface area contributed by atoms with Gasteiger partial charge in [0, 0.05) is 36.8 Å². The number of pyridine rings is 1. The summed E-state index contributed by atoms with van der Waals surface area (Å²) in [6.07, 6.45) is 1.54. The molecule has 156 valence electrons. The maximum absolute atomic E-state index is 12.2. The molecule has 0 aliphatic heterocycles. The summed E-state index contributed by atoms with van der Waals surface area (Å²) in [5.74, 6) is 0.310. The zero-order chi connectivity index (χ0) is 21.7. The second-order valence-electron chi connectivity index (χ2n) is 6.28. The third kappa shape index (κ3) is 4.72. The van der Waals surface area contributed by atoms with Crippen molar-refractivity contribution < 1.29 is 19.4 Å². The molecule has 0 unspecified atom stereocenters. The number of ether oxygens (including phenoxy) is 1. The Morgan fingerprint density at radius 1 is 1.10 bits per heavy atom. The summed E-state index contributed by atoms with van der Waals surface area (Å²) in [5, 5.41) is 19.0. The average molecular weight is 429 g/mol. The molecule has 0 saturated heterocycles. The number of hydrogen-bond donors (Lipinski definition) is 4. The highest BCUT2D eigenvalue weighted by atomic mass is 35.5. The Bertz CT molecular complexity index is 1100. The van der Waals surface area contributed by atoms with Gasteiger partial charge in [0.15, 0.2) is 0 Å². The molecule has 0 radical (unpaired) electrons. The number of aromatic hydroxyl groups is 1. The second kappa shape index (κ2) is 9.32. The first kappa shape index (κ1) is 21.2. The van der Waals surface area contributed by atoms with Crippen LogP contribution in [0.5, 0.6) is 17.2 Å². The highest BCUT2D eigenvalue weighted by molar-refractivity contribution is 6.33. The van der Waals surface area contributed by atoms with Gasteiger partial charge in [-0.3, -0.25) is 9.78 Å². The van der Waals surface area contributed by atoms with E-state index in [0.717, 1.165) is 0 Å². The third-order valence-electron chi connectivity index (χ3n) is 4.15. The van der Waals surface area contributed by atoms with Crippen molar-refractivity contribution in [1.82, 2.24) is 15.6 Å². The minimum Gasteiger partial charge on any atom is -0.507 e. The van der Waals surface area contributed by atoms with Crippen LogP contribution in [0, 0.1) is 0 Å². The van der Waals surface area contributed by atoms with Crippen molar-refractivity contribution in [2.24, 2.45) is 0 Å². The predicted molar refractivity (Wildman–Crippen MR) is 116 cm³/mol. The van der Waals surface area contributed by atoms with E-state index >= 15 is 0 Å². The number of amides is 3. The van der Waals surface area contributed by atoms with Gasteiger partial charge in [-0.1, -0.05) is 11.6 Å². The topological polar surface area (TPSA) is 113 Å². The fraction of sp³-hybridized carbons (Fsp3) is 0.190. The molecule has 8 nitrogen and oxygen atoms in total. The van der Waals surface area contributed by atoms with Gasteiger partial charge in [0.05, 0.1) is 21.8 Å². The molecule has 1 aromatic heterocycles. The minimum absolute atomic E-state index is 0.127. The van der Waals surface area contributed by atoms with E-state index in [1.807, 2.05) is 6.92 Å². The summed E-state index contributed by atoms with van der Waals surface area (Å²) in [6.45, 7) is 4.53. The SMILES string of the molecule is CCNC(=O)Nc1ccc(Oc2ccnc3cc(O)c(C(=O)NCC)cc23)cc1Cl. The molecule has 30 heavy (non-hydrogen) atoms. The monoisotopic (exact) mass is 428 g/mol. The minimum atomic E-state index is -0.393. The van der Waals surface area contributed by atoms with Crippen molar-refractivity contribution in [3.63, 3.8) is 0 Å². The first-order valence-electron chi connectivity index (χ1n) is 9.35. The van der Waals surface area contributed by atoms with E-state index in [2.05, 4.69) is 20.9 Å². The Morgan fingerprint density at radius 2 is 1.87 bits per heavy atom. The van der Waals surface area contributed by atoms with Crippen LogP contribution >= 0.6 is 11.6 Å². The Hall–Kier alpha value is -3.52. The standard InChI is InChI=1S/C21H21ClN4O4/c1-3-23-20(28)14-10-13-17(11-18(14)27)25-8-7-19(13)30-12-5-6-16(15(22)9-12)26-21(29)24-4-2/h5-11,27H,3-4H2,1-2H3,(H,23,28)(H2,24,26,29). The van der Waals surface area contributed by atoms with Crippen molar-refractivity contribution in [3.8, 4) is 17.2 Å². The van der Waals surface area contributed by atoms with Crippen LogP contribution in [0.1, 0.15) is 24.2 Å². The molecule has 3 amide bonds. The van der Waals surface area contributed by atoms with Gasteiger partial charge in [-0.2, -0.15) is 0 Å². The summed E-state index contributed by atoms with van der Waals surface area (Å²) in [4.78, 5) is 28.1. The second-order valence-corrected chi connectivity index (χ2v) is 6.69. The number of aromatic nitrogens is 1. The lowest BCUT2D eigenvalue weighted by Crippen LogP contribution is -2.28. The first-order chi connectivity index (χ1) is 14.4. The van der Waals surface area contributed by atoms with Crippen LogP contribution in [0.4, 0.5) is 10.5 Å². The Labute approximate surface area is 178 Å². The fourth-order valence-electron chi connectivity index (χ4n) is 2.80. The van der Waals surface area contributed by atoms with Crippen molar-refractivity contribution in [1.29, 1.82) is 0 Å². The Balaban J connectivity index is 1.92. The van der Waals surface area contributed by atoms with Crippen LogP contribution in [0.3, 0.4) is 0 Å². The van der Waals surface area contributed by atoms with Crippen LogP contribution in [-0.2, 0) is 0 Å². The smallest absolute Gasteiger partial charge is 0.319 e. The first-order valence-corrected chi connectivity index (χ1v) is 9.72. The van der Waals surface area contributed by atoms with Crippen LogP contribution in [0.25, 0.3) is 10.9 Å². The molecule has 4 N–H and O–H groups in total. The molecule has 0 bridgehead atoms. The van der Waals surface area contributed by atoms with Gasteiger partial charge < -0.3 is 25.8 Å². The lowest BCUT2D eigenvalue weighted by Gasteiger charge is -2.13. The summed E-state index contributed by atoms with van der Waals surface area (Å²) in [5.41, 5.74) is 1.04. The quantitative estimate of drug-likeness (QED) is 0.468. The van der Waals surface area contributed by atoms with Crippen LogP contribution in [0.2, 0.25) is 5.02 Å². The van der Waals surface area contributed by atoms with Gasteiger partial charge in [0.25, 0.3) is 5.91 Å². The zero-order valence-corrected chi connectivity index (χ0v) is 17.2. The largest absolute Gasteiger partial charge is 0.507 e. The van der Waals surface area contributed by atoms with Gasteiger partial charge in [-0.25, -0.2) is 4.79 Å². The van der Waals surface area contributed by atoms with Gasteiger partial charge in [0.2, 0.25) is 0 Å². The highest BCUT2D eigenvalue weighted by Crippen LogP contribution is 2.35. The zero-order valence-electron chi connectivity index (χ0n) is 16.5. The number of hydrogen-bond acceptors (Lipinski definition) is 5. The predicted octanol–water partition coefficient (Wildman–Crippen LogP) is 4.28. The summed E-state index contributed by atoms with van der Waals surface area (Å²) in [6, 6.07) is 9.10. The Kier molecular flexibility index (Phi) is 6.58. The van der Waals surface area contributed by atoms with E-state index in [1.165, 1.54) is 18.3 Å². The normalized spacial score (nSPS) is 10.5. The summed E-state index contributed by atoms with van der Waals surface area (Å²) < 4.78 is 5.95. The van der Waals surface area contributed by atoms with Gasteiger partial charge in [0.1, 0.15) is 17.2 Å². The molecule has 2 aromatic carbocycles. The van der Waals surface area contributed by atoms with Crippen LogP contribution < -0.4 is 20.7 Å². The molecule has 0 spiro atoms. The molecule has 3 aromatic rings. The van der Waals surface area contributed by atoms with Crippen molar-refractivity contribution in [3.05, 3.63) is 53.2 Å². The molecule has 0 aliphatic rings. The van der Waals surface area contributed by atoms with E-state index in [0.29, 0.717) is 46.2 Å². The number of phenolic OH excluding ortho intramolecular Hbond substituents is 1. The van der Waals surface area contributed by atoms with E-state index in [9.17, 15) is 14.7 Å². The van der Waals surface area contributed by atoms with Crippen molar-refractivity contribution in [2.75, 3.05) is 18.4 Å². The van der Waals surface area contributed by atoms with E-state index in [4.69, 9.17) is 16.3 Å². The number of halogens is 1. The molecule has 0 fully saturated rings. The highest BCUT2D eigenvalue weighted by Gasteiger charge is 2.15. The molecule has 9 heteroatoms. The molecular weight excluding hydrogens is 408 g/mol. The lowest BCUT2D eigenvalue weighted by atomic mass is 10.1. The van der Waals surface area contributed by atoms with Gasteiger partial charge in [-0.05, 0) is 38.1 Å². The third-order valence-corrected chi connectivity index (χ3v) is 4.47. The molecule has 1 heterocycles. The Morgan fingerprint density at radius 3 is 2.57 bits per heavy atom. The number of carbonyl (C=O) groups is 2. The molecule has 0 saturated carbocycles. The van der Waals surface area contributed by atoms with E-state index in [1.54, 1.807) is 31.2 Å².